The first kappa shape index (κ1) is 10.6. The van der Waals surface area contributed by atoms with E-state index in [-0.39, 0.29) is 6.10 Å². The van der Waals surface area contributed by atoms with Crippen LogP contribution < -0.4 is 0 Å². The first-order valence-corrected chi connectivity index (χ1v) is 6.72. The van der Waals surface area contributed by atoms with Crippen LogP contribution in [0.15, 0.2) is 23.8 Å². The molecule has 2 saturated carbocycles. The predicted molar refractivity (Wildman–Crippen MR) is 65.9 cm³/mol. The molecule has 0 aromatic rings. The van der Waals surface area contributed by atoms with Crippen LogP contribution in [0.25, 0.3) is 0 Å². The van der Waals surface area contributed by atoms with E-state index in [1.807, 2.05) is 6.92 Å². The summed E-state index contributed by atoms with van der Waals surface area (Å²) in [5, 5.41) is 9.58. The highest BCUT2D eigenvalue weighted by Gasteiger charge is 2.49. The second-order valence-electron chi connectivity index (χ2n) is 6.05. The Bertz CT molecular complexity index is 339. The van der Waals surface area contributed by atoms with E-state index >= 15 is 0 Å². The van der Waals surface area contributed by atoms with Crippen LogP contribution >= 0.6 is 0 Å². The first-order valence-electron chi connectivity index (χ1n) is 6.72. The minimum atomic E-state index is -0.207. The summed E-state index contributed by atoms with van der Waals surface area (Å²) in [6.45, 7) is 4.03. The average molecular weight is 218 g/mol. The van der Waals surface area contributed by atoms with Crippen molar-refractivity contribution in [1.29, 1.82) is 0 Å². The van der Waals surface area contributed by atoms with Gasteiger partial charge in [-0.15, -0.1) is 0 Å². The summed E-state index contributed by atoms with van der Waals surface area (Å²) < 4.78 is 0. The monoisotopic (exact) mass is 218 g/mol. The Balaban J connectivity index is 1.79. The van der Waals surface area contributed by atoms with Gasteiger partial charge in [-0.05, 0) is 55.8 Å². The molecule has 1 heteroatoms. The van der Waals surface area contributed by atoms with Crippen molar-refractivity contribution in [2.24, 2.45) is 29.6 Å². The van der Waals surface area contributed by atoms with E-state index in [4.69, 9.17) is 0 Å². The number of aliphatic hydroxyl groups excluding tert-OH is 1. The molecular formula is C15H22O. The third kappa shape index (κ3) is 1.48. The van der Waals surface area contributed by atoms with E-state index in [9.17, 15) is 5.11 Å². The highest BCUT2D eigenvalue weighted by Crippen LogP contribution is 2.58. The Morgan fingerprint density at radius 1 is 1.44 bits per heavy atom. The SMILES string of the molecule is C[C@H](O)[C@@H](C)/C=C1\C[C@H]2C[C@@H]1C1C=CCC12. The van der Waals surface area contributed by atoms with Gasteiger partial charge >= 0.3 is 0 Å². The summed E-state index contributed by atoms with van der Waals surface area (Å²) in [4.78, 5) is 0. The second-order valence-corrected chi connectivity index (χ2v) is 6.05. The lowest BCUT2D eigenvalue weighted by atomic mass is 9.78. The molecule has 2 bridgehead atoms. The number of rotatable bonds is 2. The van der Waals surface area contributed by atoms with Crippen molar-refractivity contribution in [3.8, 4) is 0 Å². The van der Waals surface area contributed by atoms with E-state index in [1.165, 1.54) is 19.3 Å². The van der Waals surface area contributed by atoms with Crippen molar-refractivity contribution in [3.05, 3.63) is 23.8 Å². The summed E-state index contributed by atoms with van der Waals surface area (Å²) in [6, 6.07) is 0. The highest BCUT2D eigenvalue weighted by molar-refractivity contribution is 5.27. The fourth-order valence-corrected chi connectivity index (χ4v) is 4.05. The van der Waals surface area contributed by atoms with Gasteiger partial charge in [0, 0.05) is 0 Å². The summed E-state index contributed by atoms with van der Waals surface area (Å²) in [5.41, 5.74) is 1.64. The fraction of sp³-hybridized carbons (Fsp3) is 0.733. The molecular weight excluding hydrogens is 196 g/mol. The molecule has 0 aromatic carbocycles. The molecule has 0 spiro atoms. The van der Waals surface area contributed by atoms with E-state index in [2.05, 4.69) is 25.2 Å². The van der Waals surface area contributed by atoms with Crippen LogP contribution in [0.2, 0.25) is 0 Å². The van der Waals surface area contributed by atoms with Gasteiger partial charge in [0.1, 0.15) is 0 Å². The van der Waals surface area contributed by atoms with Crippen molar-refractivity contribution in [1.82, 2.24) is 0 Å². The number of allylic oxidation sites excluding steroid dienone is 3. The molecule has 0 heterocycles. The van der Waals surface area contributed by atoms with Crippen LogP contribution in [0.1, 0.15) is 33.1 Å². The Hall–Kier alpha value is -0.560. The first-order chi connectivity index (χ1) is 7.66. The minimum Gasteiger partial charge on any atom is -0.393 e. The Kier molecular flexibility index (Phi) is 2.47. The molecule has 0 saturated heterocycles. The zero-order valence-corrected chi connectivity index (χ0v) is 10.3. The maximum absolute atomic E-state index is 9.58. The van der Waals surface area contributed by atoms with Gasteiger partial charge in [-0.25, -0.2) is 0 Å². The molecule has 0 aliphatic heterocycles. The standard InChI is InChI=1S/C15H22O/c1-9(10(2)16)6-11-7-12-8-15(11)14-5-3-4-13(12)14/h3,5-6,9-10,12-16H,4,7-8H2,1-2H3/b11-6+/t9-,10-,12-,13?,14?,15-/m0/s1. The minimum absolute atomic E-state index is 0.207. The van der Waals surface area contributed by atoms with Crippen LogP contribution in [0, 0.1) is 29.6 Å². The molecule has 2 unspecified atom stereocenters. The van der Waals surface area contributed by atoms with Crippen LogP contribution in [0.5, 0.6) is 0 Å². The Morgan fingerprint density at radius 2 is 2.25 bits per heavy atom. The van der Waals surface area contributed by atoms with Gasteiger partial charge in [0.15, 0.2) is 0 Å². The van der Waals surface area contributed by atoms with Gasteiger partial charge in [-0.1, -0.05) is 30.7 Å². The lowest BCUT2D eigenvalue weighted by Gasteiger charge is -2.27. The lowest BCUT2D eigenvalue weighted by Crippen LogP contribution is -2.20. The smallest absolute Gasteiger partial charge is 0.0572 e. The summed E-state index contributed by atoms with van der Waals surface area (Å²) in [5.74, 6) is 3.88. The van der Waals surface area contributed by atoms with E-state index in [0.717, 1.165) is 23.7 Å². The van der Waals surface area contributed by atoms with Crippen molar-refractivity contribution in [2.75, 3.05) is 0 Å². The third-order valence-electron chi connectivity index (χ3n) is 5.10. The second kappa shape index (κ2) is 3.73. The van der Waals surface area contributed by atoms with E-state index < -0.39 is 0 Å². The maximum atomic E-state index is 9.58. The highest BCUT2D eigenvalue weighted by atomic mass is 16.3. The van der Waals surface area contributed by atoms with Gasteiger partial charge in [0.2, 0.25) is 0 Å². The number of aliphatic hydroxyl groups is 1. The molecule has 3 aliphatic carbocycles. The van der Waals surface area contributed by atoms with Gasteiger partial charge in [-0.2, -0.15) is 0 Å². The molecule has 0 aromatic heterocycles. The van der Waals surface area contributed by atoms with Crippen molar-refractivity contribution in [3.63, 3.8) is 0 Å². The van der Waals surface area contributed by atoms with Crippen LogP contribution in [-0.4, -0.2) is 11.2 Å². The van der Waals surface area contributed by atoms with Crippen molar-refractivity contribution >= 4 is 0 Å². The van der Waals surface area contributed by atoms with Gasteiger partial charge < -0.3 is 5.11 Å². The fourth-order valence-electron chi connectivity index (χ4n) is 4.05. The Labute approximate surface area is 98.2 Å². The molecule has 6 atom stereocenters. The summed E-state index contributed by atoms with van der Waals surface area (Å²) in [7, 11) is 0. The predicted octanol–water partition coefficient (Wildman–Crippen LogP) is 3.16. The van der Waals surface area contributed by atoms with Gasteiger partial charge in [-0.3, -0.25) is 0 Å². The largest absolute Gasteiger partial charge is 0.393 e. The van der Waals surface area contributed by atoms with E-state index in [1.54, 1.807) is 5.57 Å². The zero-order valence-electron chi connectivity index (χ0n) is 10.3. The summed E-state index contributed by atoms with van der Waals surface area (Å²) >= 11 is 0. The summed E-state index contributed by atoms with van der Waals surface area (Å²) in [6.07, 6.45) is 11.0. The molecule has 1 N–H and O–H groups in total. The van der Waals surface area contributed by atoms with Crippen LogP contribution in [-0.2, 0) is 0 Å². The lowest BCUT2D eigenvalue weighted by molar-refractivity contribution is 0.156. The normalized spacial score (nSPS) is 46.3. The topological polar surface area (TPSA) is 20.2 Å². The molecule has 0 radical (unpaired) electrons. The number of hydrogen-bond acceptors (Lipinski definition) is 1. The number of hydrogen-bond donors (Lipinski definition) is 1. The van der Waals surface area contributed by atoms with E-state index in [0.29, 0.717) is 5.92 Å². The zero-order chi connectivity index (χ0) is 11.3. The van der Waals surface area contributed by atoms with Crippen LogP contribution in [0.3, 0.4) is 0 Å². The van der Waals surface area contributed by atoms with Crippen molar-refractivity contribution < 1.29 is 5.11 Å². The molecule has 0 amide bonds. The van der Waals surface area contributed by atoms with Gasteiger partial charge in [0.05, 0.1) is 6.10 Å². The molecule has 3 rings (SSSR count). The molecule has 1 nitrogen and oxygen atoms in total. The molecule has 3 aliphatic rings. The third-order valence-corrected chi connectivity index (χ3v) is 5.10. The Morgan fingerprint density at radius 3 is 3.00 bits per heavy atom. The average Bonchev–Trinajstić information content (AvgIpc) is 2.87. The molecule has 2 fully saturated rings. The molecule has 88 valence electrons. The number of fused-ring (bicyclic) bond motifs is 5. The van der Waals surface area contributed by atoms with Gasteiger partial charge in [0.25, 0.3) is 0 Å². The van der Waals surface area contributed by atoms with Crippen molar-refractivity contribution in [2.45, 2.75) is 39.2 Å². The van der Waals surface area contributed by atoms with Crippen LogP contribution in [0.4, 0.5) is 0 Å². The quantitative estimate of drug-likeness (QED) is 0.706. The maximum Gasteiger partial charge on any atom is 0.0572 e. The molecule has 16 heavy (non-hydrogen) atoms.